The fraction of sp³-hybridized carbons (Fsp3) is 0.0714. The van der Waals surface area contributed by atoms with Gasteiger partial charge in [-0.1, -0.05) is 0 Å². The summed E-state index contributed by atoms with van der Waals surface area (Å²) in [6.07, 6.45) is 1.49. The third-order valence-corrected chi connectivity index (χ3v) is 3.61. The second kappa shape index (κ2) is 4.67. The quantitative estimate of drug-likeness (QED) is 0.711. The average molecular weight is 267 g/mol. The zero-order chi connectivity index (χ0) is 13.2. The molecule has 0 fully saturated rings. The van der Waals surface area contributed by atoms with Gasteiger partial charge in [0.1, 0.15) is 16.8 Å². The van der Waals surface area contributed by atoms with E-state index in [0.29, 0.717) is 17.2 Å². The molecule has 0 saturated carbocycles. The molecular weight excluding hydrogens is 258 g/mol. The molecule has 92 valence electrons. The van der Waals surface area contributed by atoms with Crippen molar-refractivity contribution in [1.82, 2.24) is 9.97 Å². The van der Waals surface area contributed by atoms with Crippen LogP contribution in [0, 0.1) is 18.3 Å². The van der Waals surface area contributed by atoms with Crippen LogP contribution >= 0.6 is 11.3 Å². The van der Waals surface area contributed by atoms with Gasteiger partial charge in [0.25, 0.3) is 0 Å². The molecule has 0 amide bonds. The molecule has 0 spiro atoms. The van der Waals surface area contributed by atoms with Crippen molar-refractivity contribution in [3.8, 4) is 17.7 Å². The van der Waals surface area contributed by atoms with Gasteiger partial charge in [0, 0.05) is 0 Å². The van der Waals surface area contributed by atoms with Crippen LogP contribution in [-0.4, -0.2) is 9.97 Å². The standard InChI is InChI=1S/C14H9N3OS/c1-9-6-10(7-15)2-3-12(9)18-14-13-11(4-5-19-13)16-8-17-14/h2-6,8H,1H3. The van der Waals surface area contributed by atoms with Gasteiger partial charge >= 0.3 is 0 Å². The van der Waals surface area contributed by atoms with E-state index in [-0.39, 0.29) is 0 Å². The van der Waals surface area contributed by atoms with Crippen LogP contribution in [0.1, 0.15) is 11.1 Å². The predicted molar refractivity (Wildman–Crippen MR) is 73.4 cm³/mol. The topological polar surface area (TPSA) is 58.8 Å². The van der Waals surface area contributed by atoms with E-state index in [0.717, 1.165) is 15.8 Å². The summed E-state index contributed by atoms with van der Waals surface area (Å²) in [7, 11) is 0. The first-order chi connectivity index (χ1) is 9.28. The molecule has 0 atom stereocenters. The third kappa shape index (κ3) is 2.14. The van der Waals surface area contributed by atoms with Crippen molar-refractivity contribution in [1.29, 1.82) is 5.26 Å². The number of fused-ring (bicyclic) bond motifs is 1. The van der Waals surface area contributed by atoms with Crippen molar-refractivity contribution < 1.29 is 4.74 Å². The van der Waals surface area contributed by atoms with Gasteiger partial charge in [-0.2, -0.15) is 5.26 Å². The molecular formula is C14H9N3OS. The largest absolute Gasteiger partial charge is 0.437 e. The van der Waals surface area contributed by atoms with Crippen molar-refractivity contribution >= 4 is 21.6 Å². The minimum absolute atomic E-state index is 0.549. The highest BCUT2D eigenvalue weighted by molar-refractivity contribution is 7.17. The van der Waals surface area contributed by atoms with Crippen LogP contribution < -0.4 is 4.74 Å². The first kappa shape index (κ1) is 11.6. The molecule has 0 radical (unpaired) electrons. The summed E-state index contributed by atoms with van der Waals surface area (Å²) in [5, 5.41) is 10.8. The van der Waals surface area contributed by atoms with Crippen LogP contribution in [0.25, 0.3) is 10.2 Å². The average Bonchev–Trinajstić information content (AvgIpc) is 2.90. The molecule has 0 bridgehead atoms. The lowest BCUT2D eigenvalue weighted by Crippen LogP contribution is -1.92. The molecule has 2 aromatic heterocycles. The minimum atomic E-state index is 0.549. The van der Waals surface area contributed by atoms with Crippen LogP contribution in [0.15, 0.2) is 36.0 Å². The van der Waals surface area contributed by atoms with Crippen molar-refractivity contribution in [3.05, 3.63) is 47.1 Å². The summed E-state index contributed by atoms with van der Waals surface area (Å²) in [5.41, 5.74) is 2.40. The summed E-state index contributed by atoms with van der Waals surface area (Å²) in [6.45, 7) is 1.91. The van der Waals surface area contributed by atoms with Gasteiger partial charge in [-0.05, 0) is 42.1 Å². The number of aromatic nitrogens is 2. The minimum Gasteiger partial charge on any atom is -0.437 e. The number of nitrogens with zero attached hydrogens (tertiary/aromatic N) is 3. The molecule has 19 heavy (non-hydrogen) atoms. The molecule has 4 nitrogen and oxygen atoms in total. The number of benzene rings is 1. The Morgan fingerprint density at radius 2 is 2.16 bits per heavy atom. The molecule has 5 heteroatoms. The van der Waals surface area contributed by atoms with Crippen LogP contribution in [0.3, 0.4) is 0 Å². The Balaban J connectivity index is 2.02. The number of ether oxygens (including phenoxy) is 1. The fourth-order valence-electron chi connectivity index (χ4n) is 1.78. The Hall–Kier alpha value is -2.45. The van der Waals surface area contributed by atoms with Gasteiger partial charge in [-0.3, -0.25) is 0 Å². The van der Waals surface area contributed by atoms with Crippen LogP contribution in [-0.2, 0) is 0 Å². The number of hydrogen-bond donors (Lipinski definition) is 0. The van der Waals surface area contributed by atoms with E-state index in [1.165, 1.54) is 6.33 Å². The van der Waals surface area contributed by atoms with Crippen molar-refractivity contribution in [2.24, 2.45) is 0 Å². The van der Waals surface area contributed by atoms with E-state index in [4.69, 9.17) is 10.00 Å². The van der Waals surface area contributed by atoms with Gasteiger partial charge in [-0.25, -0.2) is 9.97 Å². The van der Waals surface area contributed by atoms with Crippen molar-refractivity contribution in [2.45, 2.75) is 6.92 Å². The molecule has 0 aliphatic heterocycles. The van der Waals surface area contributed by atoms with E-state index in [9.17, 15) is 0 Å². The number of hydrogen-bond acceptors (Lipinski definition) is 5. The van der Waals surface area contributed by atoms with E-state index in [2.05, 4.69) is 16.0 Å². The molecule has 0 unspecified atom stereocenters. The Morgan fingerprint density at radius 1 is 1.26 bits per heavy atom. The van der Waals surface area contributed by atoms with Gasteiger partial charge in [0.05, 0.1) is 17.1 Å². The molecule has 0 aliphatic rings. The first-order valence-corrected chi connectivity index (χ1v) is 6.52. The Kier molecular flexibility index (Phi) is 2.86. The van der Waals surface area contributed by atoms with Crippen molar-refractivity contribution in [2.75, 3.05) is 0 Å². The Labute approximate surface area is 113 Å². The maximum absolute atomic E-state index is 8.85. The Bertz CT molecular complexity index is 789. The summed E-state index contributed by atoms with van der Waals surface area (Å²) < 4.78 is 6.75. The van der Waals surface area contributed by atoms with Crippen LogP contribution in [0.4, 0.5) is 0 Å². The van der Waals surface area contributed by atoms with Crippen molar-refractivity contribution in [3.63, 3.8) is 0 Å². The number of nitriles is 1. The zero-order valence-electron chi connectivity index (χ0n) is 10.1. The highest BCUT2D eigenvalue weighted by Crippen LogP contribution is 2.31. The second-order valence-electron chi connectivity index (χ2n) is 4.01. The van der Waals surface area contributed by atoms with Crippen LogP contribution in [0.5, 0.6) is 11.6 Å². The van der Waals surface area contributed by atoms with Gasteiger partial charge in [-0.15, -0.1) is 11.3 Å². The fourth-order valence-corrected chi connectivity index (χ4v) is 2.55. The lowest BCUT2D eigenvalue weighted by atomic mass is 10.1. The molecule has 0 saturated heterocycles. The predicted octanol–water partition coefficient (Wildman–Crippen LogP) is 3.66. The number of rotatable bonds is 2. The molecule has 0 aliphatic carbocycles. The summed E-state index contributed by atoms with van der Waals surface area (Å²) in [6, 6.07) is 9.35. The maximum Gasteiger partial charge on any atom is 0.240 e. The van der Waals surface area contributed by atoms with Gasteiger partial charge < -0.3 is 4.74 Å². The van der Waals surface area contributed by atoms with Crippen LogP contribution in [0.2, 0.25) is 0 Å². The lowest BCUT2D eigenvalue weighted by molar-refractivity contribution is 0.465. The normalized spacial score (nSPS) is 10.3. The first-order valence-electron chi connectivity index (χ1n) is 5.65. The zero-order valence-corrected chi connectivity index (χ0v) is 10.9. The molecule has 2 heterocycles. The van der Waals surface area contributed by atoms with E-state index in [1.54, 1.807) is 29.5 Å². The Morgan fingerprint density at radius 3 is 2.95 bits per heavy atom. The van der Waals surface area contributed by atoms with Gasteiger partial charge in [0.2, 0.25) is 5.88 Å². The highest BCUT2D eigenvalue weighted by atomic mass is 32.1. The SMILES string of the molecule is Cc1cc(C#N)ccc1Oc1ncnc2ccsc12. The summed E-state index contributed by atoms with van der Waals surface area (Å²) in [5.74, 6) is 1.25. The number of aryl methyl sites for hydroxylation is 1. The highest BCUT2D eigenvalue weighted by Gasteiger charge is 2.09. The summed E-state index contributed by atoms with van der Waals surface area (Å²) in [4.78, 5) is 8.34. The monoisotopic (exact) mass is 267 g/mol. The molecule has 3 aromatic rings. The van der Waals surface area contributed by atoms with Gasteiger partial charge in [0.15, 0.2) is 0 Å². The molecule has 3 rings (SSSR count). The summed E-state index contributed by atoms with van der Waals surface area (Å²) >= 11 is 1.54. The second-order valence-corrected chi connectivity index (χ2v) is 4.92. The molecule has 0 N–H and O–H groups in total. The molecule has 1 aromatic carbocycles. The lowest BCUT2D eigenvalue weighted by Gasteiger charge is -2.08. The number of thiophene rings is 1. The maximum atomic E-state index is 8.85. The van der Waals surface area contributed by atoms with E-state index >= 15 is 0 Å². The third-order valence-electron chi connectivity index (χ3n) is 2.72. The van der Waals surface area contributed by atoms with E-state index in [1.807, 2.05) is 18.4 Å². The smallest absolute Gasteiger partial charge is 0.240 e. The van der Waals surface area contributed by atoms with E-state index < -0.39 is 0 Å².